The molecule has 1 saturated heterocycles. The highest BCUT2D eigenvalue weighted by molar-refractivity contribution is 6.14. The van der Waals surface area contributed by atoms with Crippen molar-refractivity contribution in [2.45, 2.75) is 51.4 Å². The van der Waals surface area contributed by atoms with Gasteiger partial charge in [-0.15, -0.1) is 0 Å². The SMILES string of the molecule is COc1ccc(/C=C2/NC(=O)NC2=O)c(OC)c1-c1ccc2c(c1)C(C)(C)CCC2(C)C. The number of amides is 3. The molecule has 0 bridgehead atoms. The Kier molecular flexibility index (Phi) is 5.27. The van der Waals surface area contributed by atoms with Crippen molar-refractivity contribution in [3.05, 3.63) is 52.7 Å². The molecule has 0 spiro atoms. The first-order valence-corrected chi connectivity index (χ1v) is 10.8. The molecular formula is C26H30N2O4. The van der Waals surface area contributed by atoms with Crippen molar-refractivity contribution < 1.29 is 19.1 Å². The van der Waals surface area contributed by atoms with Crippen molar-refractivity contribution in [1.29, 1.82) is 0 Å². The van der Waals surface area contributed by atoms with Gasteiger partial charge in [-0.05, 0) is 58.6 Å². The maximum absolute atomic E-state index is 12.0. The molecule has 0 aromatic heterocycles. The first-order valence-electron chi connectivity index (χ1n) is 10.8. The predicted octanol–water partition coefficient (Wildman–Crippen LogP) is 4.90. The molecule has 2 aliphatic rings. The van der Waals surface area contributed by atoms with E-state index in [9.17, 15) is 9.59 Å². The zero-order valence-corrected chi connectivity index (χ0v) is 19.5. The lowest BCUT2D eigenvalue weighted by molar-refractivity contribution is -0.115. The van der Waals surface area contributed by atoms with E-state index in [2.05, 4.69) is 56.5 Å². The summed E-state index contributed by atoms with van der Waals surface area (Å²) in [5.41, 5.74) is 5.55. The van der Waals surface area contributed by atoms with Crippen LogP contribution < -0.4 is 20.1 Å². The summed E-state index contributed by atoms with van der Waals surface area (Å²) in [6, 6.07) is 9.72. The van der Waals surface area contributed by atoms with Gasteiger partial charge < -0.3 is 14.8 Å². The topological polar surface area (TPSA) is 76.7 Å². The van der Waals surface area contributed by atoms with Gasteiger partial charge in [0.1, 0.15) is 17.2 Å². The van der Waals surface area contributed by atoms with Crippen LogP contribution in [0.15, 0.2) is 36.0 Å². The van der Waals surface area contributed by atoms with E-state index in [1.54, 1.807) is 20.3 Å². The number of imide groups is 1. The van der Waals surface area contributed by atoms with Gasteiger partial charge in [-0.1, -0.05) is 45.9 Å². The summed E-state index contributed by atoms with van der Waals surface area (Å²) in [6.45, 7) is 9.19. The number of hydrogen-bond acceptors (Lipinski definition) is 4. The number of carbonyl (C=O) groups excluding carboxylic acids is 2. The summed E-state index contributed by atoms with van der Waals surface area (Å²) >= 11 is 0. The highest BCUT2D eigenvalue weighted by Crippen LogP contribution is 2.49. The van der Waals surface area contributed by atoms with E-state index in [-0.39, 0.29) is 16.5 Å². The van der Waals surface area contributed by atoms with Gasteiger partial charge in [0, 0.05) is 5.56 Å². The number of rotatable bonds is 4. The molecule has 0 radical (unpaired) electrons. The van der Waals surface area contributed by atoms with E-state index in [1.807, 2.05) is 12.1 Å². The first-order chi connectivity index (χ1) is 15.1. The van der Waals surface area contributed by atoms with E-state index in [0.29, 0.717) is 17.1 Å². The van der Waals surface area contributed by atoms with Crippen LogP contribution in [0.5, 0.6) is 11.5 Å². The fourth-order valence-electron chi connectivity index (χ4n) is 4.74. The summed E-state index contributed by atoms with van der Waals surface area (Å²) in [5, 5.41) is 4.75. The Morgan fingerprint density at radius 1 is 0.875 bits per heavy atom. The average molecular weight is 435 g/mol. The Morgan fingerprint density at radius 2 is 1.56 bits per heavy atom. The van der Waals surface area contributed by atoms with Crippen molar-refractivity contribution in [3.63, 3.8) is 0 Å². The molecular weight excluding hydrogens is 404 g/mol. The Balaban J connectivity index is 1.91. The number of benzene rings is 2. The Hall–Kier alpha value is -3.28. The molecule has 1 aliphatic carbocycles. The number of ether oxygens (including phenoxy) is 2. The minimum Gasteiger partial charge on any atom is -0.496 e. The van der Waals surface area contributed by atoms with Gasteiger partial charge >= 0.3 is 6.03 Å². The third-order valence-corrected chi connectivity index (χ3v) is 6.74. The standard InChI is InChI=1S/C26H30N2O4/c1-25(2)11-12-26(3,4)18-13-15(7-9-17(18)25)21-20(31-5)10-8-16(22(21)32-6)14-19-23(29)28-24(30)27-19/h7-10,13-14H,11-12H2,1-6H3,(H2,27,28,29,30)/b19-14+. The minimum atomic E-state index is -0.534. The Labute approximate surface area is 189 Å². The fraction of sp³-hybridized carbons (Fsp3) is 0.385. The molecule has 0 saturated carbocycles. The highest BCUT2D eigenvalue weighted by Gasteiger charge is 2.37. The number of hydrogen-bond donors (Lipinski definition) is 2. The lowest BCUT2D eigenvalue weighted by atomic mass is 9.63. The van der Waals surface area contributed by atoms with Gasteiger partial charge in [0.25, 0.3) is 5.91 Å². The van der Waals surface area contributed by atoms with Crippen LogP contribution in [0.1, 0.15) is 57.2 Å². The van der Waals surface area contributed by atoms with Gasteiger partial charge in [0.05, 0.1) is 19.8 Å². The molecule has 2 aromatic carbocycles. The number of urea groups is 1. The summed E-state index contributed by atoms with van der Waals surface area (Å²) in [6.07, 6.45) is 3.88. The van der Waals surface area contributed by atoms with E-state index in [0.717, 1.165) is 24.0 Å². The van der Waals surface area contributed by atoms with E-state index in [1.165, 1.54) is 11.1 Å². The molecule has 1 fully saturated rings. The molecule has 2 N–H and O–H groups in total. The van der Waals surface area contributed by atoms with Crippen molar-refractivity contribution in [1.82, 2.24) is 10.6 Å². The molecule has 32 heavy (non-hydrogen) atoms. The van der Waals surface area contributed by atoms with Crippen molar-refractivity contribution in [2.24, 2.45) is 0 Å². The van der Waals surface area contributed by atoms with Crippen LogP contribution in [-0.4, -0.2) is 26.2 Å². The molecule has 0 atom stereocenters. The predicted molar refractivity (Wildman–Crippen MR) is 125 cm³/mol. The van der Waals surface area contributed by atoms with Crippen LogP contribution in [0, 0.1) is 0 Å². The number of methoxy groups -OCH3 is 2. The van der Waals surface area contributed by atoms with Crippen LogP contribution in [-0.2, 0) is 15.6 Å². The summed E-state index contributed by atoms with van der Waals surface area (Å²) in [5.74, 6) is 0.794. The van der Waals surface area contributed by atoms with Crippen LogP contribution in [0.2, 0.25) is 0 Å². The molecule has 1 aliphatic heterocycles. The van der Waals surface area contributed by atoms with Crippen molar-refractivity contribution in [3.8, 4) is 22.6 Å². The summed E-state index contributed by atoms with van der Waals surface area (Å²) in [4.78, 5) is 23.5. The molecule has 6 heteroatoms. The third kappa shape index (κ3) is 3.64. The average Bonchev–Trinajstić information content (AvgIpc) is 3.07. The second-order valence-corrected chi connectivity index (χ2v) is 9.76. The smallest absolute Gasteiger partial charge is 0.326 e. The third-order valence-electron chi connectivity index (χ3n) is 6.74. The molecule has 2 aromatic rings. The second-order valence-electron chi connectivity index (χ2n) is 9.76. The van der Waals surface area contributed by atoms with E-state index in [4.69, 9.17) is 9.47 Å². The zero-order valence-electron chi connectivity index (χ0n) is 19.5. The summed E-state index contributed by atoms with van der Waals surface area (Å²) < 4.78 is 11.5. The van der Waals surface area contributed by atoms with Crippen LogP contribution >= 0.6 is 0 Å². The number of carbonyl (C=O) groups is 2. The van der Waals surface area contributed by atoms with Crippen molar-refractivity contribution in [2.75, 3.05) is 14.2 Å². The van der Waals surface area contributed by atoms with Gasteiger partial charge in [-0.3, -0.25) is 10.1 Å². The van der Waals surface area contributed by atoms with E-state index >= 15 is 0 Å². The largest absolute Gasteiger partial charge is 0.496 e. The van der Waals surface area contributed by atoms with Crippen LogP contribution in [0.25, 0.3) is 17.2 Å². The van der Waals surface area contributed by atoms with Crippen LogP contribution in [0.4, 0.5) is 4.79 Å². The molecule has 0 unspecified atom stereocenters. The molecule has 1 heterocycles. The van der Waals surface area contributed by atoms with Gasteiger partial charge in [-0.2, -0.15) is 0 Å². The highest BCUT2D eigenvalue weighted by atomic mass is 16.5. The molecule has 6 nitrogen and oxygen atoms in total. The quantitative estimate of drug-likeness (QED) is 0.530. The van der Waals surface area contributed by atoms with Gasteiger partial charge in [0.2, 0.25) is 0 Å². The zero-order chi connectivity index (χ0) is 23.3. The van der Waals surface area contributed by atoms with Crippen LogP contribution in [0.3, 0.4) is 0 Å². The molecule has 3 amide bonds. The normalized spacial score (nSPS) is 19.9. The van der Waals surface area contributed by atoms with Gasteiger partial charge in [0.15, 0.2) is 0 Å². The maximum atomic E-state index is 12.0. The van der Waals surface area contributed by atoms with Gasteiger partial charge in [-0.25, -0.2) is 4.79 Å². The first kappa shape index (κ1) is 21.9. The molecule has 168 valence electrons. The number of fused-ring (bicyclic) bond motifs is 1. The monoisotopic (exact) mass is 434 g/mol. The second kappa shape index (κ2) is 7.69. The maximum Gasteiger partial charge on any atom is 0.326 e. The lowest BCUT2D eigenvalue weighted by Crippen LogP contribution is -2.33. The number of nitrogens with one attached hydrogen (secondary N) is 2. The van der Waals surface area contributed by atoms with E-state index < -0.39 is 11.9 Å². The van der Waals surface area contributed by atoms with Crippen molar-refractivity contribution >= 4 is 18.0 Å². The summed E-state index contributed by atoms with van der Waals surface area (Å²) in [7, 11) is 3.23. The minimum absolute atomic E-state index is 0.0626. The Morgan fingerprint density at radius 3 is 2.16 bits per heavy atom. The lowest BCUT2D eigenvalue weighted by Gasteiger charge is -2.42. The Bertz CT molecular complexity index is 1140. The fourth-order valence-corrected chi connectivity index (χ4v) is 4.74. The molecule has 4 rings (SSSR count).